The molecule has 0 saturated heterocycles. The highest BCUT2D eigenvalue weighted by Gasteiger charge is 2.03. The molecule has 11 heavy (non-hydrogen) atoms. The summed E-state index contributed by atoms with van der Waals surface area (Å²) in [6, 6.07) is 3.58. The van der Waals surface area contributed by atoms with Gasteiger partial charge in [0.15, 0.2) is 6.29 Å². The minimum Gasteiger partial charge on any atom is -0.298 e. The van der Waals surface area contributed by atoms with Crippen LogP contribution in [0, 0.1) is 6.92 Å². The smallest absolute Gasteiger partial charge is 0.151 e. The van der Waals surface area contributed by atoms with Crippen molar-refractivity contribution in [1.82, 2.24) is 0 Å². The van der Waals surface area contributed by atoms with Crippen LogP contribution in [-0.2, 0) is 0 Å². The van der Waals surface area contributed by atoms with Crippen LogP contribution in [0.4, 0.5) is 0 Å². The second-order valence-corrected chi connectivity index (χ2v) is 3.47. The van der Waals surface area contributed by atoms with E-state index in [1.807, 2.05) is 6.92 Å². The van der Waals surface area contributed by atoms with Gasteiger partial charge in [0.1, 0.15) is 0 Å². The molecule has 0 N–H and O–H groups in total. The largest absolute Gasteiger partial charge is 0.298 e. The molecule has 1 aromatic rings. The number of hydrogen-bond acceptors (Lipinski definition) is 1. The third kappa shape index (κ3) is 1.82. The molecule has 0 aliphatic heterocycles. The van der Waals surface area contributed by atoms with E-state index in [9.17, 15) is 4.79 Å². The van der Waals surface area contributed by atoms with Crippen LogP contribution in [0.5, 0.6) is 0 Å². The Morgan fingerprint density at radius 3 is 2.73 bits per heavy atom. The molecule has 0 fully saturated rings. The van der Waals surface area contributed by atoms with Crippen LogP contribution in [0.25, 0.3) is 0 Å². The number of carbonyl (C=O) groups excluding carboxylic acids is 1. The molecule has 0 bridgehead atoms. The van der Waals surface area contributed by atoms with E-state index >= 15 is 0 Å². The first kappa shape index (κ1) is 8.75. The standard InChI is InChI=1S/C8H6BrClO/c1-5-2-6(4-11)8(9)7(10)3-5/h2-4H,1H3. The van der Waals surface area contributed by atoms with E-state index in [2.05, 4.69) is 15.9 Å². The average Bonchev–Trinajstić information content (AvgIpc) is 1.96. The Kier molecular flexibility index (Phi) is 2.68. The normalized spacial score (nSPS) is 9.73. The second kappa shape index (κ2) is 3.37. The minimum absolute atomic E-state index is 0.576. The van der Waals surface area contributed by atoms with Crippen molar-refractivity contribution in [2.75, 3.05) is 0 Å². The Bertz CT molecular complexity index is 296. The molecular weight excluding hydrogens is 227 g/mol. The lowest BCUT2D eigenvalue weighted by molar-refractivity contribution is 0.112. The molecular formula is C8H6BrClO. The Balaban J connectivity index is 3.35. The van der Waals surface area contributed by atoms with Gasteiger partial charge in [-0.3, -0.25) is 4.79 Å². The van der Waals surface area contributed by atoms with E-state index in [4.69, 9.17) is 11.6 Å². The van der Waals surface area contributed by atoms with Gasteiger partial charge in [0.05, 0.1) is 5.02 Å². The maximum absolute atomic E-state index is 10.4. The van der Waals surface area contributed by atoms with Gasteiger partial charge in [0, 0.05) is 10.0 Å². The average molecular weight is 233 g/mol. The number of rotatable bonds is 1. The molecule has 0 heterocycles. The Morgan fingerprint density at radius 2 is 2.18 bits per heavy atom. The fraction of sp³-hybridized carbons (Fsp3) is 0.125. The van der Waals surface area contributed by atoms with E-state index in [0.29, 0.717) is 15.1 Å². The molecule has 0 radical (unpaired) electrons. The molecule has 0 atom stereocenters. The zero-order chi connectivity index (χ0) is 8.43. The number of aldehydes is 1. The van der Waals surface area contributed by atoms with Crippen molar-refractivity contribution < 1.29 is 4.79 Å². The van der Waals surface area contributed by atoms with Crippen molar-refractivity contribution in [3.05, 3.63) is 32.8 Å². The molecule has 0 spiro atoms. The molecule has 0 unspecified atom stereocenters. The fourth-order valence-electron chi connectivity index (χ4n) is 0.837. The highest BCUT2D eigenvalue weighted by Crippen LogP contribution is 2.26. The second-order valence-electron chi connectivity index (χ2n) is 2.27. The van der Waals surface area contributed by atoms with Crippen molar-refractivity contribution in [2.45, 2.75) is 6.92 Å². The first-order valence-corrected chi connectivity index (χ1v) is 4.23. The van der Waals surface area contributed by atoms with Gasteiger partial charge >= 0.3 is 0 Å². The monoisotopic (exact) mass is 232 g/mol. The topological polar surface area (TPSA) is 17.1 Å². The van der Waals surface area contributed by atoms with Crippen molar-refractivity contribution in [3.63, 3.8) is 0 Å². The van der Waals surface area contributed by atoms with Gasteiger partial charge in [-0.15, -0.1) is 0 Å². The van der Waals surface area contributed by atoms with E-state index in [1.54, 1.807) is 12.1 Å². The SMILES string of the molecule is Cc1cc(Cl)c(Br)c(C=O)c1. The summed E-state index contributed by atoms with van der Waals surface area (Å²) < 4.78 is 0.666. The highest BCUT2D eigenvalue weighted by atomic mass is 79.9. The summed E-state index contributed by atoms with van der Waals surface area (Å²) in [5.74, 6) is 0. The number of carbonyl (C=O) groups is 1. The number of benzene rings is 1. The van der Waals surface area contributed by atoms with Gasteiger partial charge in [-0.1, -0.05) is 11.6 Å². The minimum atomic E-state index is 0.576. The van der Waals surface area contributed by atoms with E-state index in [1.165, 1.54) is 0 Å². The maximum Gasteiger partial charge on any atom is 0.151 e. The predicted molar refractivity (Wildman–Crippen MR) is 49.3 cm³/mol. The van der Waals surface area contributed by atoms with Crippen LogP contribution in [0.1, 0.15) is 15.9 Å². The van der Waals surface area contributed by atoms with Gasteiger partial charge in [-0.2, -0.15) is 0 Å². The summed E-state index contributed by atoms with van der Waals surface area (Å²) in [5, 5.41) is 0.576. The quantitative estimate of drug-likeness (QED) is 0.681. The zero-order valence-corrected chi connectivity index (χ0v) is 8.24. The predicted octanol–water partition coefficient (Wildman–Crippen LogP) is 3.22. The molecule has 1 rings (SSSR count). The van der Waals surface area contributed by atoms with Crippen molar-refractivity contribution >= 4 is 33.8 Å². The summed E-state index contributed by atoms with van der Waals surface area (Å²) in [6.45, 7) is 1.89. The zero-order valence-electron chi connectivity index (χ0n) is 5.90. The summed E-state index contributed by atoms with van der Waals surface area (Å²) in [6.07, 6.45) is 0.781. The van der Waals surface area contributed by atoms with Crippen LogP contribution in [0.15, 0.2) is 16.6 Å². The summed E-state index contributed by atoms with van der Waals surface area (Å²) in [4.78, 5) is 10.4. The van der Waals surface area contributed by atoms with Gasteiger partial charge in [0.2, 0.25) is 0 Å². The number of halogens is 2. The molecule has 1 nitrogen and oxygen atoms in total. The Labute approximate surface area is 78.5 Å². The van der Waals surface area contributed by atoms with Crippen LogP contribution in [0.3, 0.4) is 0 Å². The molecule has 3 heteroatoms. The molecule has 0 aromatic heterocycles. The summed E-state index contributed by atoms with van der Waals surface area (Å²) in [5.41, 5.74) is 1.58. The lowest BCUT2D eigenvalue weighted by Crippen LogP contribution is -1.84. The van der Waals surface area contributed by atoms with Crippen molar-refractivity contribution in [2.24, 2.45) is 0 Å². The third-order valence-corrected chi connectivity index (χ3v) is 2.74. The third-order valence-electron chi connectivity index (χ3n) is 1.33. The Hall–Kier alpha value is -0.340. The van der Waals surface area contributed by atoms with Crippen LogP contribution < -0.4 is 0 Å². The van der Waals surface area contributed by atoms with Crippen LogP contribution in [0.2, 0.25) is 5.02 Å². The lowest BCUT2D eigenvalue weighted by atomic mass is 10.2. The van der Waals surface area contributed by atoms with Gasteiger partial charge in [0.25, 0.3) is 0 Å². The highest BCUT2D eigenvalue weighted by molar-refractivity contribution is 9.10. The van der Waals surface area contributed by atoms with E-state index in [-0.39, 0.29) is 0 Å². The summed E-state index contributed by atoms with van der Waals surface area (Å²) in [7, 11) is 0. The molecule has 0 amide bonds. The first-order chi connectivity index (χ1) is 5.15. The fourth-order valence-corrected chi connectivity index (χ4v) is 1.44. The van der Waals surface area contributed by atoms with Gasteiger partial charge < -0.3 is 0 Å². The molecule has 58 valence electrons. The van der Waals surface area contributed by atoms with Gasteiger partial charge in [-0.25, -0.2) is 0 Å². The van der Waals surface area contributed by atoms with Crippen molar-refractivity contribution in [3.8, 4) is 0 Å². The maximum atomic E-state index is 10.4. The first-order valence-electron chi connectivity index (χ1n) is 3.06. The summed E-state index contributed by atoms with van der Waals surface area (Å²) >= 11 is 9.00. The van der Waals surface area contributed by atoms with Crippen LogP contribution >= 0.6 is 27.5 Å². The Morgan fingerprint density at radius 1 is 1.55 bits per heavy atom. The molecule has 0 aliphatic rings. The number of aryl methyl sites for hydroxylation is 1. The number of hydrogen-bond donors (Lipinski definition) is 0. The van der Waals surface area contributed by atoms with E-state index < -0.39 is 0 Å². The van der Waals surface area contributed by atoms with Crippen LogP contribution in [-0.4, -0.2) is 6.29 Å². The molecule has 0 aliphatic carbocycles. The van der Waals surface area contributed by atoms with Gasteiger partial charge in [-0.05, 0) is 40.5 Å². The molecule has 0 saturated carbocycles. The van der Waals surface area contributed by atoms with Crippen molar-refractivity contribution in [1.29, 1.82) is 0 Å². The van der Waals surface area contributed by atoms with E-state index in [0.717, 1.165) is 11.8 Å². The molecule has 1 aromatic carbocycles. The lowest BCUT2D eigenvalue weighted by Gasteiger charge is -2.00.